The first-order chi connectivity index (χ1) is 18.4. The highest BCUT2D eigenvalue weighted by Gasteiger charge is 2.43. The number of hydrogen-bond acceptors (Lipinski definition) is 8. The summed E-state index contributed by atoms with van der Waals surface area (Å²) in [5, 5.41) is 19.1. The normalized spacial score (nSPS) is 18.9. The van der Waals surface area contributed by atoms with Crippen LogP contribution in [0.5, 0.6) is 5.88 Å². The summed E-state index contributed by atoms with van der Waals surface area (Å²) in [6.45, 7) is 6.16. The molecule has 4 aromatic rings. The Labute approximate surface area is 223 Å². The summed E-state index contributed by atoms with van der Waals surface area (Å²) in [4.78, 5) is 31.3. The van der Waals surface area contributed by atoms with Gasteiger partial charge in [-0.25, -0.2) is 9.78 Å². The van der Waals surface area contributed by atoms with Crippen molar-refractivity contribution in [1.29, 1.82) is 0 Å². The van der Waals surface area contributed by atoms with Gasteiger partial charge >= 0.3 is 5.69 Å². The largest absolute Gasteiger partial charge is 0.493 e. The van der Waals surface area contributed by atoms with Crippen molar-refractivity contribution in [2.24, 2.45) is 10.4 Å². The number of piperazine rings is 1. The summed E-state index contributed by atoms with van der Waals surface area (Å²) in [5.74, 6) is 0.344. The molecule has 0 bridgehead atoms. The van der Waals surface area contributed by atoms with E-state index in [4.69, 9.17) is 21.6 Å². The third kappa shape index (κ3) is 5.31. The lowest BCUT2D eigenvalue weighted by Crippen LogP contribution is -2.46. The summed E-state index contributed by atoms with van der Waals surface area (Å²) in [5.41, 5.74) is 1.98. The Bertz CT molecular complexity index is 1650. The zero-order chi connectivity index (χ0) is 26.3. The lowest BCUT2D eigenvalue weighted by Gasteiger charge is -2.34. The summed E-state index contributed by atoms with van der Waals surface area (Å²) in [6, 6.07) is 9.30. The maximum atomic E-state index is 11.6. The molecular weight excluding hydrogens is 506 g/mol. The van der Waals surface area contributed by atoms with E-state index in [1.54, 1.807) is 16.8 Å². The highest BCUT2D eigenvalue weighted by Crippen LogP contribution is 2.46. The topological polar surface area (TPSA) is 130 Å². The molecular formula is C26H30ClN9O2. The van der Waals surface area contributed by atoms with Gasteiger partial charge in [0.25, 0.3) is 0 Å². The summed E-state index contributed by atoms with van der Waals surface area (Å²) in [6.07, 6.45) is 5.61. The molecule has 2 fully saturated rings. The van der Waals surface area contributed by atoms with Gasteiger partial charge in [0, 0.05) is 66.7 Å². The molecule has 6 rings (SSSR count). The first-order valence-electron chi connectivity index (χ1n) is 12.7. The van der Waals surface area contributed by atoms with Crippen molar-refractivity contribution in [1.82, 2.24) is 34.4 Å². The number of imidazole rings is 1. The molecule has 1 saturated carbocycles. The SMILES string of the molecule is CN1CCN(CC2(CN=c3cc(Nc4cccc(Cl)c4)nc4/c(=C/c5[nH]c(=O)[nH]c5O)cnn34)CC2)CC1. The molecule has 0 amide bonds. The number of rotatable bonds is 7. The van der Waals surface area contributed by atoms with Crippen molar-refractivity contribution in [2.45, 2.75) is 12.8 Å². The molecule has 1 aromatic carbocycles. The first kappa shape index (κ1) is 24.7. The molecule has 3 aromatic heterocycles. The molecule has 1 aliphatic carbocycles. The van der Waals surface area contributed by atoms with Crippen LogP contribution in [0.2, 0.25) is 5.02 Å². The number of aromatic nitrogens is 5. The Morgan fingerprint density at radius 2 is 2.03 bits per heavy atom. The minimum atomic E-state index is -0.493. The first-order valence-corrected chi connectivity index (χ1v) is 13.1. The number of anilines is 2. The molecule has 0 spiro atoms. The van der Waals surface area contributed by atoms with Gasteiger partial charge in [-0.15, -0.1) is 0 Å². The molecule has 2 aliphatic rings. The molecule has 0 radical (unpaired) electrons. The van der Waals surface area contributed by atoms with Gasteiger partial charge in [0.1, 0.15) is 11.5 Å². The molecule has 0 unspecified atom stereocenters. The van der Waals surface area contributed by atoms with Gasteiger partial charge in [0.2, 0.25) is 5.88 Å². The van der Waals surface area contributed by atoms with Gasteiger partial charge < -0.3 is 25.2 Å². The molecule has 4 N–H and O–H groups in total. The van der Waals surface area contributed by atoms with E-state index in [9.17, 15) is 9.90 Å². The van der Waals surface area contributed by atoms with Crippen LogP contribution in [0.1, 0.15) is 18.5 Å². The molecule has 4 heterocycles. The number of hydrogen-bond donors (Lipinski definition) is 4. The van der Waals surface area contributed by atoms with Gasteiger partial charge in [0.15, 0.2) is 11.1 Å². The van der Waals surface area contributed by atoms with Crippen LogP contribution in [-0.2, 0) is 0 Å². The van der Waals surface area contributed by atoms with Crippen LogP contribution in [0.15, 0.2) is 46.3 Å². The Morgan fingerprint density at radius 3 is 2.74 bits per heavy atom. The Hall–Kier alpha value is -3.67. The van der Waals surface area contributed by atoms with Gasteiger partial charge in [-0.1, -0.05) is 17.7 Å². The van der Waals surface area contributed by atoms with Gasteiger partial charge in [-0.2, -0.15) is 9.61 Å². The predicted octanol–water partition coefficient (Wildman–Crippen LogP) is 1.32. The fourth-order valence-corrected chi connectivity index (χ4v) is 5.07. The third-order valence-electron chi connectivity index (χ3n) is 7.30. The van der Waals surface area contributed by atoms with E-state index < -0.39 is 5.69 Å². The van der Waals surface area contributed by atoms with E-state index in [1.807, 2.05) is 30.3 Å². The number of nitrogens with zero attached hydrogens (tertiary/aromatic N) is 6. The van der Waals surface area contributed by atoms with E-state index in [-0.39, 0.29) is 17.0 Å². The predicted molar refractivity (Wildman–Crippen MR) is 146 cm³/mol. The highest BCUT2D eigenvalue weighted by molar-refractivity contribution is 6.30. The number of aromatic hydroxyl groups is 1. The molecule has 198 valence electrons. The van der Waals surface area contributed by atoms with Crippen LogP contribution in [-0.4, -0.2) is 85.8 Å². The van der Waals surface area contributed by atoms with Crippen molar-refractivity contribution >= 4 is 34.8 Å². The van der Waals surface area contributed by atoms with E-state index >= 15 is 0 Å². The van der Waals surface area contributed by atoms with Gasteiger partial charge in [-0.3, -0.25) is 9.98 Å². The zero-order valence-electron chi connectivity index (χ0n) is 21.1. The van der Waals surface area contributed by atoms with Crippen molar-refractivity contribution in [3.8, 4) is 5.88 Å². The number of likely N-dealkylation sites (N-methyl/N-ethyl adjacent to an activating group) is 1. The van der Waals surface area contributed by atoms with Crippen LogP contribution in [0.3, 0.4) is 0 Å². The quantitative estimate of drug-likeness (QED) is 0.281. The number of aromatic amines is 2. The fourth-order valence-electron chi connectivity index (χ4n) is 4.88. The number of benzene rings is 1. The van der Waals surface area contributed by atoms with E-state index in [2.05, 4.69) is 37.2 Å². The standard InChI is InChI=1S/C26H30ClN9O2/c1-34-7-9-35(10-8-34)16-26(5-6-26)15-28-22-13-21(30-19-4-2-3-18(27)12-19)32-23-17(14-29-36(22)23)11-20-24(37)33-25(38)31-20/h2-4,11-14,30,37H,5-10,15-16H2,1H3,(H2,31,33,38)/b17-11+,28-22?. The Balaban J connectivity index is 1.37. The smallest absolute Gasteiger partial charge is 0.326 e. The second kappa shape index (κ2) is 9.90. The molecule has 38 heavy (non-hydrogen) atoms. The number of nitrogens with one attached hydrogen (secondary N) is 3. The highest BCUT2D eigenvalue weighted by atomic mass is 35.5. The second-order valence-corrected chi connectivity index (χ2v) is 10.8. The van der Waals surface area contributed by atoms with Gasteiger partial charge in [0.05, 0.1) is 6.20 Å². The molecule has 1 aliphatic heterocycles. The van der Waals surface area contributed by atoms with Crippen LogP contribution < -0.4 is 21.7 Å². The maximum absolute atomic E-state index is 11.6. The summed E-state index contributed by atoms with van der Waals surface area (Å²) < 4.78 is 1.70. The molecule has 1 saturated heterocycles. The van der Waals surface area contributed by atoms with Crippen molar-refractivity contribution < 1.29 is 5.11 Å². The van der Waals surface area contributed by atoms with Crippen LogP contribution in [0, 0.1) is 5.41 Å². The monoisotopic (exact) mass is 535 g/mol. The number of fused-ring (bicyclic) bond motifs is 1. The van der Waals surface area contributed by atoms with E-state index in [0.29, 0.717) is 33.7 Å². The van der Waals surface area contributed by atoms with E-state index in [0.717, 1.165) is 38.4 Å². The van der Waals surface area contributed by atoms with Crippen molar-refractivity contribution in [2.75, 3.05) is 51.6 Å². The van der Waals surface area contributed by atoms with Crippen LogP contribution in [0.25, 0.3) is 11.7 Å². The minimum Gasteiger partial charge on any atom is -0.493 e. The van der Waals surface area contributed by atoms with Gasteiger partial charge in [-0.05, 0) is 44.2 Å². The molecule has 12 heteroatoms. The fraction of sp³-hybridized carbons (Fsp3) is 0.385. The Morgan fingerprint density at radius 1 is 1.21 bits per heavy atom. The lowest BCUT2D eigenvalue weighted by molar-refractivity contribution is 0.132. The summed E-state index contributed by atoms with van der Waals surface area (Å²) >= 11 is 6.19. The third-order valence-corrected chi connectivity index (χ3v) is 7.54. The average molecular weight is 536 g/mol. The number of H-pyrrole nitrogens is 2. The van der Waals surface area contributed by atoms with Crippen LogP contribution >= 0.6 is 11.6 Å². The van der Waals surface area contributed by atoms with E-state index in [1.165, 1.54) is 12.8 Å². The minimum absolute atomic E-state index is 0.199. The Kier molecular flexibility index (Phi) is 6.42. The molecule has 11 nitrogen and oxygen atoms in total. The average Bonchev–Trinajstić information content (AvgIpc) is 3.41. The van der Waals surface area contributed by atoms with Crippen molar-refractivity contribution in [3.05, 3.63) is 68.4 Å². The molecule has 0 atom stereocenters. The van der Waals surface area contributed by atoms with Crippen LogP contribution in [0.4, 0.5) is 11.5 Å². The second-order valence-electron chi connectivity index (χ2n) is 10.4. The number of halogens is 1. The summed E-state index contributed by atoms with van der Waals surface area (Å²) in [7, 11) is 2.17. The van der Waals surface area contributed by atoms with Crippen molar-refractivity contribution in [3.63, 3.8) is 0 Å². The lowest BCUT2D eigenvalue weighted by atomic mass is 10.1. The zero-order valence-corrected chi connectivity index (χ0v) is 21.9. The maximum Gasteiger partial charge on any atom is 0.326 e.